The molecule has 0 amide bonds. The molecule has 0 unspecified atom stereocenters. The highest BCUT2D eigenvalue weighted by Crippen LogP contribution is 2.21. The second-order valence-electron chi connectivity index (χ2n) is 6.46. The summed E-state index contributed by atoms with van der Waals surface area (Å²) in [5.41, 5.74) is 5.55. The van der Waals surface area contributed by atoms with Crippen molar-refractivity contribution in [3.63, 3.8) is 0 Å². The van der Waals surface area contributed by atoms with Gasteiger partial charge in [-0.15, -0.1) is 0 Å². The Kier molecular flexibility index (Phi) is 8.28. The molecule has 0 aromatic heterocycles. The summed E-state index contributed by atoms with van der Waals surface area (Å²) in [7, 11) is 0. The first-order valence-electron chi connectivity index (χ1n) is 9.27. The lowest BCUT2D eigenvalue weighted by atomic mass is 10.1. The third-order valence-corrected chi connectivity index (χ3v) is 4.86. The first-order chi connectivity index (χ1) is 12.5. The minimum atomic E-state index is 0.236. The van der Waals surface area contributed by atoms with E-state index in [1.807, 2.05) is 19.1 Å². The Morgan fingerprint density at radius 2 is 2.15 bits per heavy atom. The number of hydrogen-bond acceptors (Lipinski definition) is 5. The molecule has 0 saturated carbocycles. The Bertz CT molecular complexity index is 626. The van der Waals surface area contributed by atoms with E-state index in [-0.39, 0.29) is 6.10 Å². The summed E-state index contributed by atoms with van der Waals surface area (Å²) >= 11 is 5.26. The van der Waals surface area contributed by atoms with E-state index in [2.05, 4.69) is 34.6 Å². The van der Waals surface area contributed by atoms with Gasteiger partial charge in [-0.3, -0.25) is 10.3 Å². The Labute approximate surface area is 161 Å². The number of hydrazone groups is 1. The maximum atomic E-state index is 10.1. The monoisotopic (exact) mass is 378 g/mol. The molecular formula is C19H30N4O2S. The van der Waals surface area contributed by atoms with Gasteiger partial charge in [-0.05, 0) is 68.8 Å². The van der Waals surface area contributed by atoms with Gasteiger partial charge in [0.2, 0.25) is 0 Å². The molecule has 0 radical (unpaired) electrons. The zero-order valence-electron chi connectivity index (χ0n) is 15.9. The zero-order chi connectivity index (χ0) is 18.9. The second kappa shape index (κ2) is 10.4. The lowest BCUT2D eigenvalue weighted by Crippen LogP contribution is -2.37. The Balaban J connectivity index is 1.93. The van der Waals surface area contributed by atoms with Gasteiger partial charge in [0.1, 0.15) is 5.75 Å². The minimum Gasteiger partial charge on any atom is -0.508 e. The molecule has 1 atom stereocenters. The van der Waals surface area contributed by atoms with Gasteiger partial charge in [-0.1, -0.05) is 13.8 Å². The van der Waals surface area contributed by atoms with Gasteiger partial charge in [0.25, 0.3) is 0 Å². The van der Waals surface area contributed by atoms with Crippen LogP contribution < -0.4 is 10.7 Å². The van der Waals surface area contributed by atoms with Crippen LogP contribution in [0.3, 0.4) is 0 Å². The third-order valence-electron chi connectivity index (χ3n) is 4.63. The van der Waals surface area contributed by atoms with Gasteiger partial charge in [0.15, 0.2) is 5.11 Å². The van der Waals surface area contributed by atoms with Crippen LogP contribution in [0.25, 0.3) is 0 Å². The summed E-state index contributed by atoms with van der Waals surface area (Å²) in [6.07, 6.45) is 2.42. The second-order valence-corrected chi connectivity index (χ2v) is 6.87. The van der Waals surface area contributed by atoms with Crippen molar-refractivity contribution >= 4 is 23.0 Å². The molecule has 2 rings (SSSR count). The number of thiocarbonyl (C=S) groups is 1. The van der Waals surface area contributed by atoms with E-state index in [0.717, 1.165) is 55.9 Å². The number of ether oxygens (including phenoxy) is 1. The van der Waals surface area contributed by atoms with E-state index < -0.39 is 0 Å². The van der Waals surface area contributed by atoms with Crippen LogP contribution in [0.15, 0.2) is 23.3 Å². The number of aromatic hydroxyl groups is 1. The summed E-state index contributed by atoms with van der Waals surface area (Å²) in [6.45, 7) is 10.3. The van der Waals surface area contributed by atoms with E-state index in [1.165, 1.54) is 0 Å². The van der Waals surface area contributed by atoms with Crippen LogP contribution >= 0.6 is 12.2 Å². The number of benzene rings is 1. The first kappa shape index (κ1) is 20.6. The predicted molar refractivity (Wildman–Crippen MR) is 110 cm³/mol. The van der Waals surface area contributed by atoms with Gasteiger partial charge in [0, 0.05) is 25.3 Å². The molecule has 1 aromatic rings. The van der Waals surface area contributed by atoms with Crippen LogP contribution in [0.5, 0.6) is 5.75 Å². The number of rotatable bonds is 8. The van der Waals surface area contributed by atoms with Crippen LogP contribution in [-0.4, -0.2) is 53.2 Å². The van der Waals surface area contributed by atoms with Crippen LogP contribution in [-0.2, 0) is 11.3 Å². The molecule has 1 aromatic carbocycles. The lowest BCUT2D eigenvalue weighted by molar-refractivity contribution is 0.114. The fourth-order valence-electron chi connectivity index (χ4n) is 2.88. The smallest absolute Gasteiger partial charge is 0.187 e. The van der Waals surface area contributed by atoms with Crippen molar-refractivity contribution in [1.29, 1.82) is 0 Å². The molecule has 1 fully saturated rings. The highest BCUT2D eigenvalue weighted by Gasteiger charge is 2.15. The van der Waals surface area contributed by atoms with E-state index in [4.69, 9.17) is 17.0 Å². The summed E-state index contributed by atoms with van der Waals surface area (Å²) in [5.74, 6) is 0.315. The van der Waals surface area contributed by atoms with E-state index in [1.54, 1.807) is 6.07 Å². The highest BCUT2D eigenvalue weighted by atomic mass is 32.1. The number of nitrogens with zero attached hydrogens (tertiary/aromatic N) is 2. The Morgan fingerprint density at radius 3 is 2.81 bits per heavy atom. The normalized spacial score (nSPS) is 17.5. The fraction of sp³-hybridized carbons (Fsp3) is 0.579. The summed E-state index contributed by atoms with van der Waals surface area (Å²) in [5, 5.41) is 18.1. The van der Waals surface area contributed by atoms with Crippen molar-refractivity contribution in [2.45, 2.75) is 46.3 Å². The molecule has 1 heterocycles. The molecule has 0 spiro atoms. The Morgan fingerprint density at radius 1 is 1.38 bits per heavy atom. The van der Waals surface area contributed by atoms with Gasteiger partial charge >= 0.3 is 0 Å². The minimum absolute atomic E-state index is 0.236. The molecule has 0 aliphatic carbocycles. The van der Waals surface area contributed by atoms with Crippen LogP contribution in [0.2, 0.25) is 0 Å². The van der Waals surface area contributed by atoms with E-state index >= 15 is 0 Å². The van der Waals surface area contributed by atoms with Gasteiger partial charge in [-0.25, -0.2) is 0 Å². The number of hydrogen-bond donors (Lipinski definition) is 3. The standard InChI is InChI=1S/C19H30N4O2S/c1-4-23(5-2)13-16-11-15(8-9-18(16)24)14(3)21-22-19(26)20-12-17-7-6-10-25-17/h8-9,11,17,24H,4-7,10,12-13H2,1-3H3,(H2,20,22,26)/b21-14+/t17-/m0/s1. The summed E-state index contributed by atoms with van der Waals surface area (Å²) < 4.78 is 5.56. The number of phenolic OH excluding ortho intramolecular Hbond substituents is 1. The van der Waals surface area contributed by atoms with Crippen molar-refractivity contribution in [3.05, 3.63) is 29.3 Å². The van der Waals surface area contributed by atoms with Crippen LogP contribution in [0.1, 0.15) is 44.7 Å². The maximum Gasteiger partial charge on any atom is 0.187 e. The lowest BCUT2D eigenvalue weighted by Gasteiger charge is -2.19. The van der Waals surface area contributed by atoms with Gasteiger partial charge < -0.3 is 15.2 Å². The van der Waals surface area contributed by atoms with Crippen LogP contribution in [0, 0.1) is 0 Å². The topological polar surface area (TPSA) is 69.1 Å². The molecule has 1 saturated heterocycles. The van der Waals surface area contributed by atoms with Crippen molar-refractivity contribution < 1.29 is 9.84 Å². The molecule has 144 valence electrons. The Hall–Kier alpha value is -1.70. The third kappa shape index (κ3) is 6.23. The van der Waals surface area contributed by atoms with Gasteiger partial charge in [-0.2, -0.15) is 5.10 Å². The van der Waals surface area contributed by atoms with Crippen molar-refractivity contribution in [2.24, 2.45) is 5.10 Å². The quantitative estimate of drug-likeness (QED) is 0.367. The van der Waals surface area contributed by atoms with Gasteiger partial charge in [0.05, 0.1) is 11.8 Å². The molecule has 6 nitrogen and oxygen atoms in total. The van der Waals surface area contributed by atoms with E-state index in [0.29, 0.717) is 17.4 Å². The zero-order valence-corrected chi connectivity index (χ0v) is 16.7. The van der Waals surface area contributed by atoms with Crippen molar-refractivity contribution in [3.8, 4) is 5.75 Å². The summed E-state index contributed by atoms with van der Waals surface area (Å²) in [4.78, 5) is 2.26. The molecule has 3 N–H and O–H groups in total. The average Bonchev–Trinajstić information content (AvgIpc) is 3.17. The fourth-order valence-corrected chi connectivity index (χ4v) is 3.00. The summed E-state index contributed by atoms with van der Waals surface area (Å²) in [6, 6.07) is 5.57. The largest absolute Gasteiger partial charge is 0.508 e. The molecule has 0 bridgehead atoms. The van der Waals surface area contributed by atoms with Crippen molar-refractivity contribution in [2.75, 3.05) is 26.2 Å². The molecule has 1 aliphatic rings. The highest BCUT2D eigenvalue weighted by molar-refractivity contribution is 7.80. The molecular weight excluding hydrogens is 348 g/mol. The molecule has 7 heteroatoms. The maximum absolute atomic E-state index is 10.1. The molecule has 26 heavy (non-hydrogen) atoms. The van der Waals surface area contributed by atoms with Crippen molar-refractivity contribution in [1.82, 2.24) is 15.6 Å². The predicted octanol–water partition coefficient (Wildman–Crippen LogP) is 2.60. The molecule has 1 aliphatic heterocycles. The SMILES string of the molecule is CCN(CC)Cc1cc(/C(C)=N/NC(=S)NC[C@@H]2CCCO2)ccc1O. The number of nitrogens with one attached hydrogen (secondary N) is 2. The number of phenols is 1. The first-order valence-corrected chi connectivity index (χ1v) is 9.68. The average molecular weight is 379 g/mol. The van der Waals surface area contributed by atoms with E-state index in [9.17, 15) is 5.11 Å². The van der Waals surface area contributed by atoms with Crippen LogP contribution in [0.4, 0.5) is 0 Å².